The lowest BCUT2D eigenvalue weighted by atomic mass is 10.0. The van der Waals surface area contributed by atoms with Gasteiger partial charge in [0.25, 0.3) is 5.95 Å². The second-order valence-electron chi connectivity index (χ2n) is 4.59. The van der Waals surface area contributed by atoms with Crippen LogP contribution in [0.15, 0.2) is 12.7 Å². The minimum atomic E-state index is 0.204. The molecule has 0 bridgehead atoms. The van der Waals surface area contributed by atoms with Crippen molar-refractivity contribution in [1.82, 2.24) is 29.7 Å². The van der Waals surface area contributed by atoms with Gasteiger partial charge in [-0.1, -0.05) is 0 Å². The Morgan fingerprint density at radius 3 is 2.90 bits per heavy atom. The van der Waals surface area contributed by atoms with Crippen LogP contribution in [0.1, 0.15) is 12.8 Å². The van der Waals surface area contributed by atoms with Gasteiger partial charge >= 0.3 is 6.01 Å². The third kappa shape index (κ3) is 3.41. The van der Waals surface area contributed by atoms with Crippen LogP contribution in [-0.2, 0) is 4.74 Å². The van der Waals surface area contributed by atoms with E-state index in [2.05, 4.69) is 30.5 Å². The van der Waals surface area contributed by atoms with Crippen LogP contribution in [0.5, 0.6) is 6.01 Å². The third-order valence-corrected chi connectivity index (χ3v) is 3.14. The monoisotopic (exact) mass is 292 g/mol. The maximum absolute atomic E-state index is 5.65. The molecule has 112 valence electrons. The fraction of sp³-hybridized carbons (Fsp3) is 0.545. The van der Waals surface area contributed by atoms with Crippen LogP contribution >= 0.6 is 0 Å². The van der Waals surface area contributed by atoms with Crippen molar-refractivity contribution >= 4 is 5.95 Å². The summed E-state index contributed by atoms with van der Waals surface area (Å²) in [5, 5.41) is 3.97. The molecule has 3 rings (SSSR count). The quantitative estimate of drug-likeness (QED) is 0.556. The average molecular weight is 292 g/mol. The van der Waals surface area contributed by atoms with E-state index < -0.39 is 0 Å². The van der Waals surface area contributed by atoms with Gasteiger partial charge in [0, 0.05) is 13.2 Å². The van der Waals surface area contributed by atoms with E-state index in [-0.39, 0.29) is 17.9 Å². The summed E-state index contributed by atoms with van der Waals surface area (Å²) in [6.45, 7) is 2.07. The van der Waals surface area contributed by atoms with Gasteiger partial charge in [-0.05, 0) is 18.8 Å². The summed E-state index contributed by atoms with van der Waals surface area (Å²) in [6, 6.07) is 0.204. The minimum absolute atomic E-state index is 0.204. The van der Waals surface area contributed by atoms with Gasteiger partial charge in [-0.2, -0.15) is 24.7 Å². The standard InChI is InChI=1S/C11H16N8O2/c12-18-9-15-10(19-7-13-6-14-19)17-11(16-9)21-5-8-1-3-20-4-2-8/h6-8H,1-5,12H2,(H,15,16,17,18). The first kappa shape index (κ1) is 13.6. The predicted molar refractivity (Wildman–Crippen MR) is 71.6 cm³/mol. The van der Waals surface area contributed by atoms with Crippen molar-refractivity contribution < 1.29 is 9.47 Å². The van der Waals surface area contributed by atoms with Crippen molar-refractivity contribution in [2.75, 3.05) is 25.2 Å². The number of hydrogen-bond donors (Lipinski definition) is 2. The van der Waals surface area contributed by atoms with Crippen molar-refractivity contribution in [2.24, 2.45) is 11.8 Å². The van der Waals surface area contributed by atoms with Gasteiger partial charge < -0.3 is 9.47 Å². The maximum atomic E-state index is 5.65. The molecule has 10 heteroatoms. The van der Waals surface area contributed by atoms with Crippen LogP contribution in [0, 0.1) is 5.92 Å². The Bertz CT molecular complexity index is 570. The van der Waals surface area contributed by atoms with Gasteiger partial charge in [0.05, 0.1) is 6.61 Å². The summed E-state index contributed by atoms with van der Waals surface area (Å²) in [5.41, 5.74) is 2.38. The first-order valence-corrected chi connectivity index (χ1v) is 6.63. The second kappa shape index (κ2) is 6.41. The zero-order valence-electron chi connectivity index (χ0n) is 11.3. The van der Waals surface area contributed by atoms with Gasteiger partial charge in [-0.3, -0.25) is 5.43 Å². The molecule has 3 N–H and O–H groups in total. The number of nitrogens with zero attached hydrogens (tertiary/aromatic N) is 6. The molecule has 1 saturated heterocycles. The molecule has 3 heterocycles. The third-order valence-electron chi connectivity index (χ3n) is 3.14. The molecular formula is C11H16N8O2. The number of rotatable bonds is 5. The zero-order valence-corrected chi connectivity index (χ0v) is 11.3. The molecule has 2 aromatic heterocycles. The van der Waals surface area contributed by atoms with E-state index >= 15 is 0 Å². The van der Waals surface area contributed by atoms with Crippen molar-refractivity contribution in [3.05, 3.63) is 12.7 Å². The number of anilines is 1. The van der Waals surface area contributed by atoms with Crippen LogP contribution in [-0.4, -0.2) is 49.5 Å². The summed E-state index contributed by atoms with van der Waals surface area (Å²) in [7, 11) is 0. The van der Waals surface area contributed by atoms with Crippen LogP contribution in [0.4, 0.5) is 5.95 Å². The molecule has 1 aliphatic heterocycles. The lowest BCUT2D eigenvalue weighted by Crippen LogP contribution is -2.22. The number of hydrogen-bond acceptors (Lipinski definition) is 9. The topological polar surface area (TPSA) is 126 Å². The highest BCUT2D eigenvalue weighted by Gasteiger charge is 2.16. The van der Waals surface area contributed by atoms with E-state index in [1.54, 1.807) is 0 Å². The SMILES string of the molecule is NNc1nc(OCC2CCOCC2)nc(-n2cncn2)n1. The van der Waals surface area contributed by atoms with Crippen molar-refractivity contribution in [1.29, 1.82) is 0 Å². The van der Waals surface area contributed by atoms with Crippen molar-refractivity contribution in [3.8, 4) is 12.0 Å². The van der Waals surface area contributed by atoms with Gasteiger partial charge in [0.1, 0.15) is 12.7 Å². The van der Waals surface area contributed by atoms with Gasteiger partial charge in [0.2, 0.25) is 5.95 Å². The van der Waals surface area contributed by atoms with Crippen LogP contribution in [0.25, 0.3) is 5.95 Å². The Kier molecular flexibility index (Phi) is 4.17. The van der Waals surface area contributed by atoms with Crippen LogP contribution in [0.3, 0.4) is 0 Å². The molecule has 0 saturated carbocycles. The largest absolute Gasteiger partial charge is 0.463 e. The normalized spacial score (nSPS) is 15.9. The van der Waals surface area contributed by atoms with E-state index in [4.69, 9.17) is 15.3 Å². The van der Waals surface area contributed by atoms with E-state index in [0.717, 1.165) is 26.1 Å². The molecule has 0 atom stereocenters. The molecule has 0 amide bonds. The average Bonchev–Trinajstić information content (AvgIpc) is 3.08. The fourth-order valence-electron chi connectivity index (χ4n) is 1.99. The van der Waals surface area contributed by atoms with Crippen molar-refractivity contribution in [3.63, 3.8) is 0 Å². The number of nitrogens with two attached hydrogens (primary N) is 1. The number of ether oxygens (including phenoxy) is 2. The summed E-state index contributed by atoms with van der Waals surface area (Å²) < 4.78 is 12.4. The zero-order chi connectivity index (χ0) is 14.5. The molecule has 1 aliphatic rings. The summed E-state index contributed by atoms with van der Waals surface area (Å²) in [6.07, 6.45) is 4.83. The Hall–Kier alpha value is -2.33. The van der Waals surface area contributed by atoms with E-state index in [1.807, 2.05) is 0 Å². The molecule has 10 nitrogen and oxygen atoms in total. The minimum Gasteiger partial charge on any atom is -0.463 e. The molecule has 0 radical (unpaired) electrons. The lowest BCUT2D eigenvalue weighted by molar-refractivity contribution is 0.0482. The first-order chi connectivity index (χ1) is 10.3. The van der Waals surface area contributed by atoms with Gasteiger partial charge in [-0.25, -0.2) is 10.8 Å². The van der Waals surface area contributed by atoms with E-state index in [1.165, 1.54) is 17.3 Å². The number of hydrazine groups is 1. The van der Waals surface area contributed by atoms with Crippen molar-refractivity contribution in [2.45, 2.75) is 12.8 Å². The lowest BCUT2D eigenvalue weighted by Gasteiger charge is -2.21. The predicted octanol–water partition coefficient (Wildman–Crippen LogP) is -0.457. The van der Waals surface area contributed by atoms with E-state index in [9.17, 15) is 0 Å². The molecule has 0 spiro atoms. The Morgan fingerprint density at radius 1 is 1.33 bits per heavy atom. The highest BCUT2D eigenvalue weighted by molar-refractivity contribution is 5.28. The fourth-order valence-corrected chi connectivity index (χ4v) is 1.99. The highest BCUT2D eigenvalue weighted by Crippen LogP contribution is 2.16. The maximum Gasteiger partial charge on any atom is 0.323 e. The molecule has 0 aliphatic carbocycles. The summed E-state index contributed by atoms with van der Waals surface area (Å²) in [4.78, 5) is 16.2. The summed E-state index contributed by atoms with van der Waals surface area (Å²) >= 11 is 0. The molecular weight excluding hydrogens is 276 g/mol. The molecule has 21 heavy (non-hydrogen) atoms. The van der Waals surface area contributed by atoms with Gasteiger partial charge in [0.15, 0.2) is 0 Å². The second-order valence-corrected chi connectivity index (χ2v) is 4.59. The first-order valence-electron chi connectivity index (χ1n) is 6.63. The Morgan fingerprint density at radius 2 is 2.19 bits per heavy atom. The highest BCUT2D eigenvalue weighted by atomic mass is 16.5. The molecule has 0 aromatic carbocycles. The Balaban J connectivity index is 1.73. The molecule has 0 unspecified atom stereocenters. The molecule has 2 aromatic rings. The van der Waals surface area contributed by atoms with Gasteiger partial charge in [-0.15, -0.1) is 0 Å². The molecule has 1 fully saturated rings. The smallest absolute Gasteiger partial charge is 0.323 e. The van der Waals surface area contributed by atoms with Crippen LogP contribution in [0.2, 0.25) is 0 Å². The number of aromatic nitrogens is 6. The summed E-state index contributed by atoms with van der Waals surface area (Å²) in [5.74, 6) is 6.30. The van der Waals surface area contributed by atoms with E-state index in [0.29, 0.717) is 12.5 Å². The Labute approximate surface area is 120 Å². The number of nitrogen functional groups attached to an aromatic ring is 1. The van der Waals surface area contributed by atoms with Crippen LogP contribution < -0.4 is 16.0 Å². The number of nitrogens with one attached hydrogen (secondary N) is 1.